The molecule has 1 saturated carbocycles. The Hall–Kier alpha value is -2.29. The number of hydrogen-bond donors (Lipinski definition) is 1. The average molecular weight is 583 g/mol. The van der Waals surface area contributed by atoms with Crippen molar-refractivity contribution >= 4 is 50.7 Å². The van der Waals surface area contributed by atoms with Crippen LogP contribution in [0.25, 0.3) is 0 Å². The first-order valence-electron chi connectivity index (χ1n) is 13.1. The third-order valence-electron chi connectivity index (χ3n) is 7.02. The van der Waals surface area contributed by atoms with Crippen LogP contribution in [0.4, 0.5) is 5.69 Å². The van der Waals surface area contributed by atoms with Gasteiger partial charge in [0.05, 0.1) is 17.0 Å². The van der Waals surface area contributed by atoms with E-state index in [1.54, 1.807) is 17.0 Å². The van der Waals surface area contributed by atoms with Gasteiger partial charge in [0.15, 0.2) is 0 Å². The van der Waals surface area contributed by atoms with Gasteiger partial charge in [-0.05, 0) is 61.9 Å². The summed E-state index contributed by atoms with van der Waals surface area (Å²) in [6, 6.07) is 12.0. The quantitative estimate of drug-likeness (QED) is 0.347. The Balaban J connectivity index is 1.79. The standard InChI is InChI=1S/C28H37Cl2N3O4S/c1-4-25(28(35)31-23-12-7-8-13-23)32(19-21-11-6-5-10-20(21)2)27(34)14-9-17-33(38(3,36)37)26-18-22(29)15-16-24(26)30/h5-6,10-11,15-16,18,23,25H,4,7-9,12-14,17,19H2,1-3H3,(H,31,35)/t25-/m0/s1. The Labute approximate surface area is 236 Å². The van der Waals surface area contributed by atoms with Gasteiger partial charge in [0, 0.05) is 30.6 Å². The molecule has 2 aromatic rings. The lowest BCUT2D eigenvalue weighted by molar-refractivity contribution is -0.141. The second-order valence-electron chi connectivity index (χ2n) is 9.90. The van der Waals surface area contributed by atoms with E-state index in [4.69, 9.17) is 23.2 Å². The number of nitrogens with one attached hydrogen (secondary N) is 1. The molecular weight excluding hydrogens is 545 g/mol. The molecular formula is C28H37Cl2N3O4S. The van der Waals surface area contributed by atoms with E-state index >= 15 is 0 Å². The minimum atomic E-state index is -3.68. The van der Waals surface area contributed by atoms with E-state index < -0.39 is 16.1 Å². The van der Waals surface area contributed by atoms with E-state index in [0.717, 1.165) is 43.1 Å². The van der Waals surface area contributed by atoms with Gasteiger partial charge in [-0.1, -0.05) is 67.2 Å². The third kappa shape index (κ3) is 8.10. The van der Waals surface area contributed by atoms with Crippen molar-refractivity contribution < 1.29 is 18.0 Å². The molecule has 0 aromatic heterocycles. The number of carbonyl (C=O) groups excluding carboxylic acids is 2. The number of halogens is 2. The predicted molar refractivity (Wildman–Crippen MR) is 154 cm³/mol. The molecule has 0 unspecified atom stereocenters. The van der Waals surface area contributed by atoms with Gasteiger partial charge in [0.25, 0.3) is 0 Å². The Bertz CT molecular complexity index is 1230. The monoisotopic (exact) mass is 581 g/mol. The van der Waals surface area contributed by atoms with E-state index in [9.17, 15) is 18.0 Å². The summed E-state index contributed by atoms with van der Waals surface area (Å²) in [6.45, 7) is 4.24. The zero-order valence-electron chi connectivity index (χ0n) is 22.3. The summed E-state index contributed by atoms with van der Waals surface area (Å²) in [4.78, 5) is 28.6. The maximum absolute atomic E-state index is 13.6. The van der Waals surface area contributed by atoms with Gasteiger partial charge < -0.3 is 10.2 Å². The molecule has 0 spiro atoms. The number of rotatable bonds is 12. The molecule has 38 heavy (non-hydrogen) atoms. The van der Waals surface area contributed by atoms with Gasteiger partial charge in [0.2, 0.25) is 21.8 Å². The average Bonchev–Trinajstić information content (AvgIpc) is 3.36. The van der Waals surface area contributed by atoms with Crippen molar-refractivity contribution in [3.05, 3.63) is 63.6 Å². The molecule has 0 saturated heterocycles. The lowest BCUT2D eigenvalue weighted by Crippen LogP contribution is -2.51. The second-order valence-corrected chi connectivity index (χ2v) is 12.6. The highest BCUT2D eigenvalue weighted by Gasteiger charge is 2.31. The molecule has 1 atom stereocenters. The maximum Gasteiger partial charge on any atom is 0.243 e. The molecule has 1 fully saturated rings. The summed E-state index contributed by atoms with van der Waals surface area (Å²) in [7, 11) is -3.68. The zero-order valence-corrected chi connectivity index (χ0v) is 24.6. The van der Waals surface area contributed by atoms with Crippen LogP contribution < -0.4 is 9.62 Å². The Morgan fingerprint density at radius 2 is 1.79 bits per heavy atom. The highest BCUT2D eigenvalue weighted by Crippen LogP contribution is 2.31. The van der Waals surface area contributed by atoms with Gasteiger partial charge in [-0.2, -0.15) is 0 Å². The van der Waals surface area contributed by atoms with Crippen molar-refractivity contribution in [3.8, 4) is 0 Å². The molecule has 0 aliphatic heterocycles. The Morgan fingerprint density at radius 3 is 2.42 bits per heavy atom. The van der Waals surface area contributed by atoms with Crippen LogP contribution in [0.3, 0.4) is 0 Å². The van der Waals surface area contributed by atoms with E-state index in [1.165, 1.54) is 10.4 Å². The maximum atomic E-state index is 13.6. The second kappa shape index (κ2) is 13.7. The van der Waals surface area contributed by atoms with Gasteiger partial charge in [-0.3, -0.25) is 13.9 Å². The van der Waals surface area contributed by atoms with E-state index in [1.807, 2.05) is 38.1 Å². The fourth-order valence-electron chi connectivity index (χ4n) is 4.92. The van der Waals surface area contributed by atoms with Gasteiger partial charge in [-0.15, -0.1) is 0 Å². The van der Waals surface area contributed by atoms with Crippen LogP contribution in [0, 0.1) is 6.92 Å². The fourth-order valence-corrected chi connectivity index (χ4v) is 6.32. The SMILES string of the molecule is CC[C@@H](C(=O)NC1CCCC1)N(Cc1ccccc1C)C(=O)CCCN(c1cc(Cl)ccc1Cl)S(C)(=O)=O. The first-order valence-corrected chi connectivity index (χ1v) is 15.7. The summed E-state index contributed by atoms with van der Waals surface area (Å²) in [5.41, 5.74) is 2.28. The smallest absolute Gasteiger partial charge is 0.243 e. The van der Waals surface area contributed by atoms with Crippen LogP contribution in [0.15, 0.2) is 42.5 Å². The molecule has 0 heterocycles. The number of hydrogen-bond acceptors (Lipinski definition) is 4. The zero-order chi connectivity index (χ0) is 27.9. The molecule has 1 N–H and O–H groups in total. The van der Waals surface area contributed by atoms with Crippen LogP contribution in [0.1, 0.15) is 63.0 Å². The van der Waals surface area contributed by atoms with Crippen LogP contribution in [0.5, 0.6) is 0 Å². The molecule has 0 radical (unpaired) electrons. The van der Waals surface area contributed by atoms with Gasteiger partial charge in [0.1, 0.15) is 6.04 Å². The molecule has 1 aliphatic carbocycles. The highest BCUT2D eigenvalue weighted by molar-refractivity contribution is 7.92. The lowest BCUT2D eigenvalue weighted by Gasteiger charge is -2.32. The molecule has 2 aromatic carbocycles. The van der Waals surface area contributed by atoms with Crippen LogP contribution in [0.2, 0.25) is 10.0 Å². The van der Waals surface area contributed by atoms with Crippen LogP contribution >= 0.6 is 23.2 Å². The van der Waals surface area contributed by atoms with Crippen molar-refractivity contribution in [2.45, 2.75) is 77.4 Å². The predicted octanol–water partition coefficient (Wildman–Crippen LogP) is 5.71. The summed E-state index contributed by atoms with van der Waals surface area (Å²) < 4.78 is 26.3. The Morgan fingerprint density at radius 1 is 1.11 bits per heavy atom. The molecule has 208 valence electrons. The van der Waals surface area contributed by atoms with Crippen molar-refractivity contribution in [1.82, 2.24) is 10.2 Å². The number of aryl methyl sites for hydroxylation is 1. The minimum Gasteiger partial charge on any atom is -0.352 e. The topological polar surface area (TPSA) is 86.8 Å². The number of nitrogens with zero attached hydrogens (tertiary/aromatic N) is 2. The van der Waals surface area contributed by atoms with Crippen molar-refractivity contribution in [2.75, 3.05) is 17.1 Å². The van der Waals surface area contributed by atoms with Gasteiger partial charge >= 0.3 is 0 Å². The van der Waals surface area contributed by atoms with E-state index in [0.29, 0.717) is 18.0 Å². The largest absolute Gasteiger partial charge is 0.352 e. The van der Waals surface area contributed by atoms with Crippen LogP contribution in [-0.2, 0) is 26.2 Å². The van der Waals surface area contributed by atoms with Crippen molar-refractivity contribution in [1.29, 1.82) is 0 Å². The fraction of sp³-hybridized carbons (Fsp3) is 0.500. The molecule has 0 bridgehead atoms. The molecule has 7 nitrogen and oxygen atoms in total. The number of benzene rings is 2. The van der Waals surface area contributed by atoms with E-state index in [2.05, 4.69) is 5.32 Å². The molecule has 10 heteroatoms. The molecule has 3 rings (SSSR count). The highest BCUT2D eigenvalue weighted by atomic mass is 35.5. The first-order chi connectivity index (χ1) is 18.0. The number of amides is 2. The Kier molecular flexibility index (Phi) is 10.9. The van der Waals surface area contributed by atoms with Crippen molar-refractivity contribution in [3.63, 3.8) is 0 Å². The normalized spacial score (nSPS) is 14.8. The lowest BCUT2D eigenvalue weighted by atomic mass is 10.0. The summed E-state index contributed by atoms with van der Waals surface area (Å²) in [5, 5.41) is 3.76. The minimum absolute atomic E-state index is 0.0495. The summed E-state index contributed by atoms with van der Waals surface area (Å²) in [5.74, 6) is -0.336. The summed E-state index contributed by atoms with van der Waals surface area (Å²) >= 11 is 12.4. The van der Waals surface area contributed by atoms with Crippen LogP contribution in [-0.4, -0.2) is 50.0 Å². The number of carbonyl (C=O) groups is 2. The summed E-state index contributed by atoms with van der Waals surface area (Å²) in [6.07, 6.45) is 6.01. The number of sulfonamides is 1. The van der Waals surface area contributed by atoms with E-state index in [-0.39, 0.29) is 48.0 Å². The molecule has 1 aliphatic rings. The van der Waals surface area contributed by atoms with Gasteiger partial charge in [-0.25, -0.2) is 8.42 Å². The number of anilines is 1. The van der Waals surface area contributed by atoms with Crippen molar-refractivity contribution in [2.24, 2.45) is 0 Å². The third-order valence-corrected chi connectivity index (χ3v) is 8.75. The molecule has 2 amide bonds. The first kappa shape index (κ1) is 30.3.